The van der Waals surface area contributed by atoms with E-state index in [1.165, 1.54) is 11.1 Å². The molecular weight excluding hydrogens is 132 g/mol. The van der Waals surface area contributed by atoms with E-state index in [2.05, 4.69) is 40.7 Å². The van der Waals surface area contributed by atoms with E-state index < -0.39 is 0 Å². The Bertz CT molecular complexity index is 218. The van der Waals surface area contributed by atoms with Crippen molar-refractivity contribution in [2.24, 2.45) is 11.8 Å². The lowest BCUT2D eigenvalue weighted by Gasteiger charge is -2.26. The first-order valence-corrected chi connectivity index (χ1v) is 4.40. The highest BCUT2D eigenvalue weighted by Crippen LogP contribution is 2.32. The van der Waals surface area contributed by atoms with Crippen molar-refractivity contribution in [3.05, 3.63) is 22.8 Å². The fraction of sp³-hybridized carbons (Fsp3) is 0.636. The minimum absolute atomic E-state index is 0.721. The van der Waals surface area contributed by atoms with Gasteiger partial charge in [-0.25, -0.2) is 0 Å². The number of hydrogen-bond donors (Lipinski definition) is 0. The van der Waals surface area contributed by atoms with E-state index in [1.54, 1.807) is 5.57 Å². The highest BCUT2D eigenvalue weighted by atomic mass is 14.2. The molecule has 0 saturated carbocycles. The van der Waals surface area contributed by atoms with Gasteiger partial charge in [0.2, 0.25) is 0 Å². The van der Waals surface area contributed by atoms with Crippen LogP contribution in [0.4, 0.5) is 0 Å². The molecule has 0 bridgehead atoms. The quantitative estimate of drug-likeness (QED) is 0.495. The van der Waals surface area contributed by atoms with Crippen molar-refractivity contribution >= 4 is 0 Å². The molecule has 0 spiro atoms. The maximum Gasteiger partial charge on any atom is -0.0168 e. The maximum atomic E-state index is 2.38. The van der Waals surface area contributed by atoms with Gasteiger partial charge in [0.1, 0.15) is 0 Å². The normalized spacial score (nSPS) is 32.3. The van der Waals surface area contributed by atoms with E-state index in [0.717, 1.165) is 11.8 Å². The second-order valence-electron chi connectivity index (χ2n) is 3.81. The summed E-state index contributed by atoms with van der Waals surface area (Å²) in [5, 5.41) is 0. The average Bonchev–Trinajstić information content (AvgIpc) is 1.97. The molecule has 0 aliphatic heterocycles. The highest BCUT2D eigenvalue weighted by Gasteiger charge is 2.18. The van der Waals surface area contributed by atoms with Crippen molar-refractivity contribution in [3.8, 4) is 0 Å². The second-order valence-corrected chi connectivity index (χ2v) is 3.81. The molecule has 1 aliphatic carbocycles. The van der Waals surface area contributed by atoms with Gasteiger partial charge in [-0.1, -0.05) is 31.1 Å². The summed E-state index contributed by atoms with van der Waals surface area (Å²) < 4.78 is 0. The van der Waals surface area contributed by atoms with Gasteiger partial charge in [-0.15, -0.1) is 0 Å². The molecule has 1 rings (SSSR count). The predicted molar refractivity (Wildman–Crippen MR) is 50.5 cm³/mol. The van der Waals surface area contributed by atoms with Crippen LogP contribution in [0.5, 0.6) is 0 Å². The maximum absolute atomic E-state index is 2.38. The molecule has 0 aromatic heterocycles. The molecular formula is C11H18. The van der Waals surface area contributed by atoms with Crippen LogP contribution in [-0.2, 0) is 0 Å². The summed E-state index contributed by atoms with van der Waals surface area (Å²) in [6.07, 6.45) is 2.38. The molecule has 62 valence electrons. The molecule has 0 N–H and O–H groups in total. The molecule has 2 atom stereocenters. The number of hydrogen-bond acceptors (Lipinski definition) is 0. The molecule has 0 amide bonds. The third kappa shape index (κ3) is 1.40. The van der Waals surface area contributed by atoms with Crippen LogP contribution in [0, 0.1) is 11.8 Å². The van der Waals surface area contributed by atoms with Crippen molar-refractivity contribution in [1.82, 2.24) is 0 Å². The van der Waals surface area contributed by atoms with Crippen molar-refractivity contribution in [2.45, 2.75) is 34.6 Å². The van der Waals surface area contributed by atoms with Gasteiger partial charge in [0.05, 0.1) is 0 Å². The van der Waals surface area contributed by atoms with Gasteiger partial charge in [0, 0.05) is 0 Å². The predicted octanol–water partition coefficient (Wildman–Crippen LogP) is 3.55. The summed E-state index contributed by atoms with van der Waals surface area (Å²) in [6.45, 7) is 11.3. The Morgan fingerprint density at radius 2 is 1.64 bits per heavy atom. The van der Waals surface area contributed by atoms with Crippen LogP contribution in [0.25, 0.3) is 0 Å². The summed E-state index contributed by atoms with van der Waals surface area (Å²) in [4.78, 5) is 0. The van der Waals surface area contributed by atoms with Gasteiger partial charge in [0.25, 0.3) is 0 Å². The molecule has 0 aromatic rings. The first kappa shape index (κ1) is 8.58. The molecule has 0 nitrogen and oxygen atoms in total. The lowest BCUT2D eigenvalue weighted by Crippen LogP contribution is -2.13. The van der Waals surface area contributed by atoms with E-state index in [9.17, 15) is 0 Å². The fourth-order valence-corrected chi connectivity index (χ4v) is 1.71. The molecule has 0 fully saturated rings. The van der Waals surface area contributed by atoms with Gasteiger partial charge in [-0.2, -0.15) is 0 Å². The van der Waals surface area contributed by atoms with E-state index in [0.29, 0.717) is 0 Å². The zero-order valence-corrected chi connectivity index (χ0v) is 8.23. The molecule has 0 heteroatoms. The molecule has 0 radical (unpaired) electrons. The van der Waals surface area contributed by atoms with Crippen molar-refractivity contribution < 1.29 is 0 Å². The lowest BCUT2D eigenvalue weighted by atomic mass is 9.79. The minimum Gasteiger partial charge on any atom is -0.0779 e. The summed E-state index contributed by atoms with van der Waals surface area (Å²) in [7, 11) is 0. The molecule has 0 saturated heterocycles. The summed E-state index contributed by atoms with van der Waals surface area (Å²) in [5.74, 6) is 1.46. The summed E-state index contributed by atoms with van der Waals surface area (Å²) in [5.41, 5.74) is 4.53. The number of rotatable bonds is 0. The van der Waals surface area contributed by atoms with Gasteiger partial charge >= 0.3 is 0 Å². The number of allylic oxidation sites excluding steroid dienone is 4. The first-order valence-electron chi connectivity index (χ1n) is 4.40. The van der Waals surface area contributed by atoms with Crippen LogP contribution in [0.1, 0.15) is 34.6 Å². The van der Waals surface area contributed by atoms with Crippen LogP contribution in [0.15, 0.2) is 22.8 Å². The van der Waals surface area contributed by atoms with E-state index in [4.69, 9.17) is 0 Å². The Kier molecular flexibility index (Phi) is 2.22. The van der Waals surface area contributed by atoms with Crippen molar-refractivity contribution in [2.75, 3.05) is 0 Å². The van der Waals surface area contributed by atoms with E-state index in [-0.39, 0.29) is 0 Å². The summed E-state index contributed by atoms with van der Waals surface area (Å²) in [6, 6.07) is 0. The zero-order chi connectivity index (χ0) is 8.59. The van der Waals surface area contributed by atoms with Crippen LogP contribution >= 0.6 is 0 Å². The monoisotopic (exact) mass is 150 g/mol. The second kappa shape index (κ2) is 2.84. The Morgan fingerprint density at radius 3 is 2.18 bits per heavy atom. The zero-order valence-electron chi connectivity index (χ0n) is 8.23. The largest absolute Gasteiger partial charge is 0.0779 e. The fourth-order valence-electron chi connectivity index (χ4n) is 1.71. The summed E-state index contributed by atoms with van der Waals surface area (Å²) >= 11 is 0. The molecule has 0 aromatic carbocycles. The van der Waals surface area contributed by atoms with E-state index >= 15 is 0 Å². The average molecular weight is 150 g/mol. The molecule has 11 heavy (non-hydrogen) atoms. The smallest absolute Gasteiger partial charge is 0.0168 e. The first-order chi connectivity index (χ1) is 5.04. The van der Waals surface area contributed by atoms with Crippen LogP contribution in [0.3, 0.4) is 0 Å². The minimum atomic E-state index is 0.721. The van der Waals surface area contributed by atoms with Crippen LogP contribution in [0.2, 0.25) is 0 Å². The van der Waals surface area contributed by atoms with Gasteiger partial charge in [0.15, 0.2) is 0 Å². The Balaban J connectivity index is 3.02. The molecule has 2 unspecified atom stereocenters. The molecule has 0 heterocycles. The SMILES string of the molecule is CC1=CC(C)C(C)C(C)=C1C. The van der Waals surface area contributed by atoms with Crippen molar-refractivity contribution in [3.63, 3.8) is 0 Å². The van der Waals surface area contributed by atoms with Crippen molar-refractivity contribution in [1.29, 1.82) is 0 Å². The van der Waals surface area contributed by atoms with Crippen LogP contribution < -0.4 is 0 Å². The standard InChI is InChI=1S/C11H18/c1-7-6-8(2)10(4)11(5)9(7)3/h6-7,9H,1-5H3. The van der Waals surface area contributed by atoms with Gasteiger partial charge in [-0.05, 0) is 38.2 Å². The van der Waals surface area contributed by atoms with Gasteiger partial charge < -0.3 is 0 Å². The third-order valence-corrected chi connectivity index (χ3v) is 3.17. The topological polar surface area (TPSA) is 0 Å². The van der Waals surface area contributed by atoms with E-state index in [1.807, 2.05) is 0 Å². The van der Waals surface area contributed by atoms with Gasteiger partial charge in [-0.3, -0.25) is 0 Å². The lowest BCUT2D eigenvalue weighted by molar-refractivity contribution is 0.513. The third-order valence-electron chi connectivity index (χ3n) is 3.17. The van der Waals surface area contributed by atoms with Crippen LogP contribution in [-0.4, -0.2) is 0 Å². The Morgan fingerprint density at radius 1 is 1.09 bits per heavy atom. The highest BCUT2D eigenvalue weighted by molar-refractivity contribution is 5.36. The Labute approximate surface area is 70.0 Å². The Hall–Kier alpha value is -0.520. The molecule has 1 aliphatic rings.